The summed E-state index contributed by atoms with van der Waals surface area (Å²) in [5, 5.41) is 16.3. The molecule has 1 aromatic carbocycles. The number of aryl methyl sites for hydroxylation is 1. The zero-order valence-electron chi connectivity index (χ0n) is 11.2. The van der Waals surface area contributed by atoms with Crippen molar-refractivity contribution in [3.63, 3.8) is 0 Å². The first-order valence-electron chi connectivity index (χ1n) is 5.83. The Morgan fingerprint density at radius 1 is 1.41 bits per heavy atom. The Bertz CT molecular complexity index is 846. The number of sulfonamides is 1. The average molecular weight is 404 g/mol. The first kappa shape index (κ1) is 16.6. The lowest BCUT2D eigenvalue weighted by Crippen LogP contribution is -2.18. The average Bonchev–Trinajstić information content (AvgIpc) is 2.84. The quantitative estimate of drug-likeness (QED) is 0.470. The van der Waals surface area contributed by atoms with Gasteiger partial charge in [-0.2, -0.15) is 13.5 Å². The second kappa shape index (κ2) is 6.55. The highest BCUT2D eigenvalue weighted by molar-refractivity contribution is 9.10. The lowest BCUT2D eigenvalue weighted by Gasteiger charge is -2.04. The molecule has 0 radical (unpaired) electrons. The maximum atomic E-state index is 12.1. The van der Waals surface area contributed by atoms with Crippen molar-refractivity contribution in [3.8, 4) is 0 Å². The van der Waals surface area contributed by atoms with Gasteiger partial charge in [-0.3, -0.25) is 10.1 Å². The zero-order valence-corrected chi connectivity index (χ0v) is 14.4. The molecule has 1 heterocycles. The third-order valence-corrected chi connectivity index (χ3v) is 5.49. The summed E-state index contributed by atoms with van der Waals surface area (Å²) in [5.41, 5.74) is 0.130. The molecule has 0 atom stereocenters. The highest BCUT2D eigenvalue weighted by Crippen LogP contribution is 2.22. The number of hydrazone groups is 1. The van der Waals surface area contributed by atoms with Crippen LogP contribution in [-0.2, 0) is 10.0 Å². The summed E-state index contributed by atoms with van der Waals surface area (Å²) >= 11 is 4.66. The maximum absolute atomic E-state index is 12.1. The number of nitro benzene ring substituents is 1. The normalized spacial score (nSPS) is 11.7. The summed E-state index contributed by atoms with van der Waals surface area (Å²) in [6.45, 7) is 1.54. The Kier molecular flexibility index (Phi) is 4.94. The fourth-order valence-electron chi connectivity index (χ4n) is 1.56. The molecule has 7 nitrogen and oxygen atoms in total. The van der Waals surface area contributed by atoms with Gasteiger partial charge in [0.2, 0.25) is 0 Å². The number of thiophene rings is 1. The van der Waals surface area contributed by atoms with Crippen LogP contribution in [0, 0.1) is 17.0 Å². The van der Waals surface area contributed by atoms with Crippen LogP contribution < -0.4 is 4.83 Å². The van der Waals surface area contributed by atoms with Crippen molar-refractivity contribution in [3.05, 3.63) is 54.7 Å². The first-order chi connectivity index (χ1) is 10.3. The summed E-state index contributed by atoms with van der Waals surface area (Å²) in [5.74, 6) is 0. The van der Waals surface area contributed by atoms with Crippen LogP contribution in [0.2, 0.25) is 0 Å². The van der Waals surface area contributed by atoms with Crippen molar-refractivity contribution in [1.29, 1.82) is 0 Å². The first-order valence-corrected chi connectivity index (χ1v) is 8.99. The second-order valence-electron chi connectivity index (χ2n) is 4.23. The molecule has 10 heteroatoms. The van der Waals surface area contributed by atoms with Crippen LogP contribution in [0.3, 0.4) is 0 Å². The van der Waals surface area contributed by atoms with E-state index in [1.54, 1.807) is 6.07 Å². The van der Waals surface area contributed by atoms with Crippen LogP contribution in [0.1, 0.15) is 10.4 Å². The van der Waals surface area contributed by atoms with Crippen molar-refractivity contribution in [2.24, 2.45) is 5.10 Å². The van der Waals surface area contributed by atoms with Gasteiger partial charge < -0.3 is 0 Å². The topological polar surface area (TPSA) is 102 Å². The lowest BCUT2D eigenvalue weighted by molar-refractivity contribution is -0.385. The summed E-state index contributed by atoms with van der Waals surface area (Å²) in [6, 6.07) is 5.46. The smallest absolute Gasteiger partial charge is 0.258 e. The molecular weight excluding hydrogens is 394 g/mol. The van der Waals surface area contributed by atoms with Crippen molar-refractivity contribution < 1.29 is 13.3 Å². The molecule has 0 aliphatic carbocycles. The number of nitro groups is 1. The summed E-state index contributed by atoms with van der Waals surface area (Å²) in [7, 11) is -3.96. The van der Waals surface area contributed by atoms with Crippen LogP contribution in [0.5, 0.6) is 0 Å². The van der Waals surface area contributed by atoms with Crippen molar-refractivity contribution in [2.45, 2.75) is 11.8 Å². The summed E-state index contributed by atoms with van der Waals surface area (Å²) in [4.78, 5) is 12.8. The Balaban J connectivity index is 2.22. The van der Waals surface area contributed by atoms with Crippen LogP contribution in [0.15, 0.2) is 44.1 Å². The second-order valence-corrected chi connectivity index (χ2v) is 7.74. The molecule has 0 fully saturated rings. The van der Waals surface area contributed by atoms with E-state index >= 15 is 0 Å². The van der Waals surface area contributed by atoms with Gasteiger partial charge >= 0.3 is 0 Å². The van der Waals surface area contributed by atoms with E-state index in [4.69, 9.17) is 0 Å². The van der Waals surface area contributed by atoms with E-state index in [-0.39, 0.29) is 10.6 Å². The molecule has 1 aromatic heterocycles. The fourth-order valence-corrected chi connectivity index (χ4v) is 3.68. The number of benzene rings is 1. The minimum absolute atomic E-state index is 0.214. The Morgan fingerprint density at radius 2 is 2.14 bits per heavy atom. The predicted octanol–water partition coefficient (Wildman–Crippen LogP) is 3.04. The Labute approximate surface area is 139 Å². The molecule has 2 rings (SSSR count). The van der Waals surface area contributed by atoms with E-state index in [0.29, 0.717) is 5.56 Å². The zero-order chi connectivity index (χ0) is 16.3. The molecule has 0 unspecified atom stereocenters. The highest BCUT2D eigenvalue weighted by atomic mass is 79.9. The molecule has 1 N–H and O–H groups in total. The molecular formula is C12H10BrN3O4S2. The van der Waals surface area contributed by atoms with Gasteiger partial charge in [0.1, 0.15) is 0 Å². The highest BCUT2D eigenvalue weighted by Gasteiger charge is 2.19. The Morgan fingerprint density at radius 3 is 2.73 bits per heavy atom. The molecule has 0 aliphatic rings. The van der Waals surface area contributed by atoms with Gasteiger partial charge in [0.25, 0.3) is 15.7 Å². The molecule has 2 aromatic rings. The van der Waals surface area contributed by atoms with Crippen molar-refractivity contribution >= 4 is 49.2 Å². The molecule has 0 bridgehead atoms. The third-order valence-electron chi connectivity index (χ3n) is 2.64. The third kappa shape index (κ3) is 3.90. The monoisotopic (exact) mass is 403 g/mol. The van der Waals surface area contributed by atoms with Gasteiger partial charge in [0, 0.05) is 26.4 Å². The van der Waals surface area contributed by atoms with Gasteiger partial charge in [0.15, 0.2) is 0 Å². The fraction of sp³-hybridized carbons (Fsp3) is 0.0833. The molecule has 22 heavy (non-hydrogen) atoms. The van der Waals surface area contributed by atoms with Crippen LogP contribution in [-0.4, -0.2) is 19.6 Å². The van der Waals surface area contributed by atoms with Crippen LogP contribution in [0.25, 0.3) is 0 Å². The van der Waals surface area contributed by atoms with Crippen molar-refractivity contribution in [2.75, 3.05) is 0 Å². The van der Waals surface area contributed by atoms with Gasteiger partial charge in [0.05, 0.1) is 16.0 Å². The van der Waals surface area contributed by atoms with E-state index in [9.17, 15) is 18.5 Å². The van der Waals surface area contributed by atoms with E-state index < -0.39 is 14.9 Å². The number of hydrogen-bond acceptors (Lipinski definition) is 6. The van der Waals surface area contributed by atoms with Crippen LogP contribution in [0.4, 0.5) is 5.69 Å². The maximum Gasteiger partial charge on any atom is 0.276 e. The number of nitrogens with zero attached hydrogens (tertiary/aromatic N) is 2. The largest absolute Gasteiger partial charge is 0.276 e. The van der Waals surface area contributed by atoms with E-state index in [1.807, 2.05) is 10.2 Å². The van der Waals surface area contributed by atoms with Gasteiger partial charge in [-0.15, -0.1) is 11.3 Å². The lowest BCUT2D eigenvalue weighted by atomic mass is 10.2. The molecule has 0 saturated heterocycles. The predicted molar refractivity (Wildman–Crippen MR) is 87.8 cm³/mol. The molecule has 0 amide bonds. The molecule has 116 valence electrons. The van der Waals surface area contributed by atoms with Gasteiger partial charge in [-0.1, -0.05) is 6.07 Å². The van der Waals surface area contributed by atoms with E-state index in [0.717, 1.165) is 15.4 Å². The number of halogens is 1. The number of rotatable bonds is 5. The van der Waals surface area contributed by atoms with Crippen LogP contribution >= 0.6 is 27.3 Å². The number of nitrogens with one attached hydrogen (secondary N) is 1. The van der Waals surface area contributed by atoms with Gasteiger partial charge in [-0.05, 0) is 35.0 Å². The molecule has 0 aliphatic heterocycles. The minimum Gasteiger partial charge on any atom is -0.258 e. The SMILES string of the molecule is Cc1ccc(S(=O)(=O)N/N=C\c2cc(Br)cs2)cc1[N+](=O)[O-]. The Hall–Kier alpha value is -1.78. The van der Waals surface area contributed by atoms with Crippen molar-refractivity contribution in [1.82, 2.24) is 4.83 Å². The summed E-state index contributed by atoms with van der Waals surface area (Å²) in [6.07, 6.45) is 1.36. The molecule has 0 saturated carbocycles. The van der Waals surface area contributed by atoms with E-state index in [2.05, 4.69) is 21.0 Å². The summed E-state index contributed by atoms with van der Waals surface area (Å²) < 4.78 is 25.0. The van der Waals surface area contributed by atoms with Gasteiger partial charge in [-0.25, -0.2) is 4.83 Å². The van der Waals surface area contributed by atoms with E-state index in [1.165, 1.54) is 36.6 Å². The standard InChI is InChI=1S/C12H10BrN3O4S2/c1-8-2-3-11(5-12(8)16(17)18)22(19,20)15-14-6-10-4-9(13)7-21-10/h2-7,15H,1H3/b14-6-. The number of hydrogen-bond donors (Lipinski definition) is 1. The minimum atomic E-state index is -3.96. The molecule has 0 spiro atoms.